The third-order valence-corrected chi connectivity index (χ3v) is 4.59. The van der Waals surface area contributed by atoms with Crippen molar-refractivity contribution in [2.45, 2.75) is 25.8 Å². The fourth-order valence-electron chi connectivity index (χ4n) is 2.86. The van der Waals surface area contributed by atoms with Crippen LogP contribution >= 0.6 is 0 Å². The molecule has 0 saturated carbocycles. The van der Waals surface area contributed by atoms with Crippen molar-refractivity contribution in [2.75, 3.05) is 12.3 Å². The molecule has 0 bridgehead atoms. The van der Waals surface area contributed by atoms with Crippen LogP contribution in [-0.4, -0.2) is 31.5 Å². The number of hydrogen-bond acceptors (Lipinski definition) is 3. The van der Waals surface area contributed by atoms with Gasteiger partial charge in [0.05, 0.1) is 11.8 Å². The molecular weight excluding hydrogens is 276 g/mol. The van der Waals surface area contributed by atoms with E-state index in [2.05, 4.69) is 0 Å². The molecule has 20 heavy (non-hydrogen) atoms. The summed E-state index contributed by atoms with van der Waals surface area (Å²) in [6.45, 7) is 2.49. The van der Waals surface area contributed by atoms with E-state index in [1.807, 2.05) is 37.3 Å². The van der Waals surface area contributed by atoms with E-state index in [1.54, 1.807) is 4.90 Å². The van der Waals surface area contributed by atoms with E-state index in [1.165, 1.54) is 0 Å². The zero-order valence-corrected chi connectivity index (χ0v) is 12.3. The van der Waals surface area contributed by atoms with Gasteiger partial charge < -0.3 is 4.90 Å². The minimum atomic E-state index is -3.53. The summed E-state index contributed by atoms with van der Waals surface area (Å²) in [7, 11) is -3.53. The first-order valence-electron chi connectivity index (χ1n) is 6.75. The highest BCUT2D eigenvalue weighted by Crippen LogP contribution is 2.31. The first kappa shape index (κ1) is 15.0. The Morgan fingerprint density at radius 2 is 2.00 bits per heavy atom. The number of likely N-dealkylation sites (tertiary alicyclic amines) is 1. The number of amides is 1. The summed E-state index contributed by atoms with van der Waals surface area (Å²) in [5, 5.41) is 5.07. The Labute approximate surface area is 119 Å². The monoisotopic (exact) mass is 296 g/mol. The van der Waals surface area contributed by atoms with E-state index in [-0.39, 0.29) is 30.0 Å². The van der Waals surface area contributed by atoms with E-state index in [4.69, 9.17) is 5.14 Å². The molecule has 1 aromatic rings. The zero-order chi connectivity index (χ0) is 14.8. The maximum Gasteiger partial charge on any atom is 0.223 e. The lowest BCUT2D eigenvalue weighted by molar-refractivity contribution is -0.129. The lowest BCUT2D eigenvalue weighted by atomic mass is 10.0. The highest BCUT2D eigenvalue weighted by molar-refractivity contribution is 7.89. The molecule has 0 spiro atoms. The van der Waals surface area contributed by atoms with Gasteiger partial charge in [0.15, 0.2) is 0 Å². The molecule has 1 saturated heterocycles. The second-order valence-electron chi connectivity index (χ2n) is 5.28. The van der Waals surface area contributed by atoms with Gasteiger partial charge >= 0.3 is 0 Å². The summed E-state index contributed by atoms with van der Waals surface area (Å²) in [6, 6.07) is 9.82. The first-order chi connectivity index (χ1) is 9.40. The average Bonchev–Trinajstić information content (AvgIpc) is 2.70. The molecule has 1 aromatic carbocycles. The fourth-order valence-corrected chi connectivity index (χ4v) is 3.74. The molecule has 0 aromatic heterocycles. The number of primary sulfonamides is 1. The van der Waals surface area contributed by atoms with Gasteiger partial charge in [0.1, 0.15) is 0 Å². The minimum absolute atomic E-state index is 0.00850. The van der Waals surface area contributed by atoms with Gasteiger partial charge in [-0.05, 0) is 12.0 Å². The molecule has 1 amide bonds. The Morgan fingerprint density at radius 1 is 1.35 bits per heavy atom. The average molecular weight is 296 g/mol. The normalized spacial score (nSPS) is 21.2. The van der Waals surface area contributed by atoms with Gasteiger partial charge in [-0.3, -0.25) is 4.79 Å². The van der Waals surface area contributed by atoms with Crippen LogP contribution in [0.4, 0.5) is 0 Å². The highest BCUT2D eigenvalue weighted by Gasteiger charge is 2.35. The molecule has 1 fully saturated rings. The molecule has 110 valence electrons. The molecule has 2 N–H and O–H groups in total. The Kier molecular flexibility index (Phi) is 4.45. The van der Waals surface area contributed by atoms with Crippen LogP contribution in [0.5, 0.6) is 0 Å². The van der Waals surface area contributed by atoms with Crippen molar-refractivity contribution in [3.8, 4) is 0 Å². The predicted octanol–water partition coefficient (Wildman–Crippen LogP) is 1.27. The van der Waals surface area contributed by atoms with Crippen LogP contribution in [0.15, 0.2) is 30.3 Å². The second-order valence-corrected chi connectivity index (χ2v) is 6.94. The first-order valence-corrected chi connectivity index (χ1v) is 8.47. The highest BCUT2D eigenvalue weighted by atomic mass is 32.2. The molecule has 2 atom stereocenters. The summed E-state index contributed by atoms with van der Waals surface area (Å²) in [5.41, 5.74) is 1.08. The van der Waals surface area contributed by atoms with Crippen molar-refractivity contribution in [2.24, 2.45) is 11.1 Å². The second kappa shape index (κ2) is 5.93. The van der Waals surface area contributed by atoms with E-state index in [0.717, 1.165) is 12.0 Å². The smallest absolute Gasteiger partial charge is 0.223 e. The molecule has 2 rings (SSSR count). The fraction of sp³-hybridized carbons (Fsp3) is 0.500. The van der Waals surface area contributed by atoms with E-state index < -0.39 is 10.0 Å². The van der Waals surface area contributed by atoms with E-state index in [9.17, 15) is 13.2 Å². The summed E-state index contributed by atoms with van der Waals surface area (Å²) in [6.07, 6.45) is 1.07. The summed E-state index contributed by atoms with van der Waals surface area (Å²) in [5.74, 6) is -0.315. The quantitative estimate of drug-likeness (QED) is 0.888. The lowest BCUT2D eigenvalue weighted by Gasteiger charge is -2.27. The number of sulfonamides is 1. The van der Waals surface area contributed by atoms with Gasteiger partial charge in [-0.2, -0.15) is 0 Å². The van der Waals surface area contributed by atoms with Crippen molar-refractivity contribution >= 4 is 15.9 Å². The largest absolute Gasteiger partial charge is 0.335 e. The van der Waals surface area contributed by atoms with Crippen molar-refractivity contribution in [1.82, 2.24) is 4.90 Å². The minimum Gasteiger partial charge on any atom is -0.335 e. The Balaban J connectivity index is 2.14. The van der Waals surface area contributed by atoms with Gasteiger partial charge in [-0.1, -0.05) is 37.3 Å². The standard InChI is InChI=1S/C14H20N2O3S/c1-2-13(12-6-4-3-5-7-12)16-9-11(8-14(16)17)10-20(15,18)19/h3-7,11,13H,2,8-10H2,1H3,(H2,15,18,19)/t11?,13-/m0/s1. The van der Waals surface area contributed by atoms with Crippen LogP contribution in [0, 0.1) is 5.92 Å². The summed E-state index contributed by atoms with van der Waals surface area (Å²) >= 11 is 0. The Morgan fingerprint density at radius 3 is 2.55 bits per heavy atom. The summed E-state index contributed by atoms with van der Waals surface area (Å²) in [4.78, 5) is 13.9. The van der Waals surface area contributed by atoms with Gasteiger partial charge in [-0.15, -0.1) is 0 Å². The zero-order valence-electron chi connectivity index (χ0n) is 11.5. The van der Waals surface area contributed by atoms with Crippen LogP contribution in [-0.2, 0) is 14.8 Å². The van der Waals surface area contributed by atoms with Gasteiger partial charge in [0, 0.05) is 18.9 Å². The van der Waals surface area contributed by atoms with Crippen LogP contribution in [0.3, 0.4) is 0 Å². The molecule has 1 aliphatic rings. The molecule has 5 nitrogen and oxygen atoms in total. The van der Waals surface area contributed by atoms with Crippen molar-refractivity contribution in [3.63, 3.8) is 0 Å². The Hall–Kier alpha value is -1.40. The number of carbonyl (C=O) groups is 1. The Bertz CT molecular complexity index is 571. The number of nitrogens with zero attached hydrogens (tertiary/aromatic N) is 1. The van der Waals surface area contributed by atoms with Gasteiger partial charge in [0.25, 0.3) is 0 Å². The lowest BCUT2D eigenvalue weighted by Crippen LogP contribution is -2.31. The molecule has 1 heterocycles. The number of nitrogens with two attached hydrogens (primary N) is 1. The van der Waals surface area contributed by atoms with Gasteiger partial charge in [-0.25, -0.2) is 13.6 Å². The molecule has 0 aliphatic carbocycles. The third-order valence-electron chi connectivity index (χ3n) is 3.65. The maximum absolute atomic E-state index is 12.1. The van der Waals surface area contributed by atoms with E-state index in [0.29, 0.717) is 6.54 Å². The summed E-state index contributed by atoms with van der Waals surface area (Å²) < 4.78 is 22.3. The number of benzene rings is 1. The number of rotatable bonds is 5. The van der Waals surface area contributed by atoms with E-state index >= 15 is 0 Å². The molecule has 0 radical (unpaired) electrons. The van der Waals surface area contributed by atoms with Crippen LogP contribution in [0.2, 0.25) is 0 Å². The van der Waals surface area contributed by atoms with Crippen LogP contribution < -0.4 is 5.14 Å². The molecule has 1 unspecified atom stereocenters. The third kappa shape index (κ3) is 3.58. The van der Waals surface area contributed by atoms with Crippen molar-refractivity contribution < 1.29 is 13.2 Å². The number of hydrogen-bond donors (Lipinski definition) is 1. The predicted molar refractivity (Wildman–Crippen MR) is 77.3 cm³/mol. The van der Waals surface area contributed by atoms with Crippen molar-refractivity contribution in [1.29, 1.82) is 0 Å². The molecular formula is C14H20N2O3S. The maximum atomic E-state index is 12.1. The number of carbonyl (C=O) groups excluding carboxylic acids is 1. The topological polar surface area (TPSA) is 80.5 Å². The SMILES string of the molecule is CC[C@@H](c1ccccc1)N1CC(CS(N)(=O)=O)CC1=O. The van der Waals surface area contributed by atoms with Crippen LogP contribution in [0.1, 0.15) is 31.4 Å². The molecule has 6 heteroatoms. The van der Waals surface area contributed by atoms with Gasteiger partial charge in [0.2, 0.25) is 15.9 Å². The van der Waals surface area contributed by atoms with Crippen molar-refractivity contribution in [3.05, 3.63) is 35.9 Å². The molecule has 1 aliphatic heterocycles. The van der Waals surface area contributed by atoms with Crippen LogP contribution in [0.25, 0.3) is 0 Å².